The quantitative estimate of drug-likeness (QED) is 0.821. The van der Waals surface area contributed by atoms with Gasteiger partial charge in [-0.3, -0.25) is 0 Å². The summed E-state index contributed by atoms with van der Waals surface area (Å²) in [6.45, 7) is 0.707. The summed E-state index contributed by atoms with van der Waals surface area (Å²) in [5.41, 5.74) is 6.14. The average Bonchev–Trinajstić information content (AvgIpc) is 2.32. The fraction of sp³-hybridized carbons (Fsp3) is 0.538. The molecule has 16 heavy (non-hydrogen) atoms. The summed E-state index contributed by atoms with van der Waals surface area (Å²) < 4.78 is 26.6. The summed E-state index contributed by atoms with van der Waals surface area (Å²) in [6, 6.07) is 3.73. The number of hydrogen-bond acceptors (Lipinski definition) is 1. The molecule has 88 valence electrons. The maximum absolute atomic E-state index is 13.5. The Morgan fingerprint density at radius 3 is 2.44 bits per heavy atom. The van der Waals surface area contributed by atoms with Gasteiger partial charge in [0.05, 0.1) is 0 Å². The number of benzene rings is 1. The van der Waals surface area contributed by atoms with E-state index in [0.717, 1.165) is 25.7 Å². The van der Waals surface area contributed by atoms with Gasteiger partial charge in [0, 0.05) is 0 Å². The molecule has 1 aliphatic carbocycles. The van der Waals surface area contributed by atoms with Crippen LogP contribution in [0.4, 0.5) is 8.78 Å². The zero-order valence-electron chi connectivity index (χ0n) is 9.26. The lowest BCUT2D eigenvalue weighted by Crippen LogP contribution is -2.21. The van der Waals surface area contributed by atoms with Crippen molar-refractivity contribution in [2.45, 2.75) is 31.6 Å². The Bertz CT molecular complexity index is 357. The molecular formula is C13H17F2N. The van der Waals surface area contributed by atoms with Gasteiger partial charge in [0.1, 0.15) is 11.6 Å². The summed E-state index contributed by atoms with van der Waals surface area (Å²) in [4.78, 5) is 0. The second kappa shape index (κ2) is 4.91. The van der Waals surface area contributed by atoms with Crippen LogP contribution >= 0.6 is 0 Å². The molecule has 0 aromatic heterocycles. The minimum Gasteiger partial charge on any atom is -0.330 e. The normalized spacial score (nSPS) is 25.7. The van der Waals surface area contributed by atoms with Crippen LogP contribution in [0.5, 0.6) is 0 Å². The summed E-state index contributed by atoms with van der Waals surface area (Å²) in [5, 5.41) is 0. The van der Waals surface area contributed by atoms with E-state index in [1.807, 2.05) is 0 Å². The molecule has 0 bridgehead atoms. The van der Waals surface area contributed by atoms with Gasteiger partial charge in [-0.15, -0.1) is 0 Å². The maximum atomic E-state index is 13.5. The van der Waals surface area contributed by atoms with Crippen LogP contribution in [0.1, 0.15) is 37.2 Å². The van der Waals surface area contributed by atoms with E-state index in [1.54, 1.807) is 0 Å². The standard InChI is InChI=1S/C13H17F2N/c14-11-5-6-13(15)12(7-11)10-3-1-9(8-16)2-4-10/h5-7,9-10H,1-4,8,16H2. The van der Waals surface area contributed by atoms with Crippen molar-refractivity contribution in [2.24, 2.45) is 11.7 Å². The summed E-state index contributed by atoms with van der Waals surface area (Å²) >= 11 is 0. The molecule has 0 saturated heterocycles. The molecule has 1 fully saturated rings. The van der Waals surface area contributed by atoms with E-state index in [9.17, 15) is 8.78 Å². The zero-order valence-corrected chi connectivity index (χ0v) is 9.26. The van der Waals surface area contributed by atoms with Gasteiger partial charge in [-0.1, -0.05) is 0 Å². The topological polar surface area (TPSA) is 26.0 Å². The molecule has 0 heterocycles. The molecule has 0 radical (unpaired) electrons. The Balaban J connectivity index is 2.10. The van der Waals surface area contributed by atoms with Crippen LogP contribution in [0, 0.1) is 17.6 Å². The Hall–Kier alpha value is -0.960. The number of rotatable bonds is 2. The smallest absolute Gasteiger partial charge is 0.126 e. The van der Waals surface area contributed by atoms with E-state index in [2.05, 4.69) is 0 Å². The molecular weight excluding hydrogens is 208 g/mol. The van der Waals surface area contributed by atoms with E-state index in [0.29, 0.717) is 18.0 Å². The number of nitrogens with two attached hydrogens (primary N) is 1. The number of halogens is 2. The first-order valence-electron chi connectivity index (χ1n) is 5.85. The van der Waals surface area contributed by atoms with Crippen molar-refractivity contribution >= 4 is 0 Å². The lowest BCUT2D eigenvalue weighted by molar-refractivity contribution is 0.327. The van der Waals surface area contributed by atoms with Crippen LogP contribution in [0.3, 0.4) is 0 Å². The van der Waals surface area contributed by atoms with Crippen molar-refractivity contribution in [2.75, 3.05) is 6.54 Å². The molecule has 1 nitrogen and oxygen atoms in total. The highest BCUT2D eigenvalue weighted by Crippen LogP contribution is 2.36. The molecule has 1 aliphatic rings. The van der Waals surface area contributed by atoms with Crippen LogP contribution in [-0.2, 0) is 0 Å². The Kier molecular flexibility index (Phi) is 3.54. The fourth-order valence-electron chi connectivity index (χ4n) is 2.54. The zero-order chi connectivity index (χ0) is 11.5. The molecule has 2 N–H and O–H groups in total. The molecule has 0 atom stereocenters. The van der Waals surface area contributed by atoms with Gasteiger partial charge in [0.15, 0.2) is 0 Å². The highest BCUT2D eigenvalue weighted by atomic mass is 19.1. The lowest BCUT2D eigenvalue weighted by atomic mass is 9.78. The van der Waals surface area contributed by atoms with Crippen LogP contribution in [-0.4, -0.2) is 6.54 Å². The van der Waals surface area contributed by atoms with Crippen molar-refractivity contribution in [3.63, 3.8) is 0 Å². The van der Waals surface area contributed by atoms with Gasteiger partial charge in [0.25, 0.3) is 0 Å². The van der Waals surface area contributed by atoms with Crippen LogP contribution < -0.4 is 5.73 Å². The Morgan fingerprint density at radius 1 is 1.12 bits per heavy atom. The largest absolute Gasteiger partial charge is 0.330 e. The monoisotopic (exact) mass is 225 g/mol. The minimum atomic E-state index is -0.350. The first-order chi connectivity index (χ1) is 7.70. The highest BCUT2D eigenvalue weighted by molar-refractivity contribution is 5.23. The summed E-state index contributed by atoms with van der Waals surface area (Å²) in [5.74, 6) is 0.0984. The van der Waals surface area contributed by atoms with Crippen molar-refractivity contribution in [3.8, 4) is 0 Å². The average molecular weight is 225 g/mol. The van der Waals surface area contributed by atoms with Gasteiger partial charge in [-0.2, -0.15) is 0 Å². The maximum Gasteiger partial charge on any atom is 0.126 e. The van der Waals surface area contributed by atoms with Gasteiger partial charge in [-0.25, -0.2) is 8.78 Å². The van der Waals surface area contributed by atoms with Crippen molar-refractivity contribution in [1.82, 2.24) is 0 Å². The Morgan fingerprint density at radius 2 is 1.81 bits per heavy atom. The highest BCUT2D eigenvalue weighted by Gasteiger charge is 2.23. The van der Waals surface area contributed by atoms with Crippen molar-refractivity contribution in [1.29, 1.82) is 0 Å². The molecule has 2 rings (SSSR count). The molecule has 3 heteroatoms. The van der Waals surface area contributed by atoms with Gasteiger partial charge < -0.3 is 5.73 Å². The lowest BCUT2D eigenvalue weighted by Gasteiger charge is -2.28. The van der Waals surface area contributed by atoms with E-state index in [1.165, 1.54) is 18.2 Å². The predicted molar refractivity (Wildman–Crippen MR) is 60.1 cm³/mol. The SMILES string of the molecule is NCC1CCC(c2cc(F)ccc2F)CC1. The molecule has 0 aliphatic heterocycles. The van der Waals surface area contributed by atoms with Gasteiger partial charge >= 0.3 is 0 Å². The van der Waals surface area contributed by atoms with Crippen LogP contribution in [0.25, 0.3) is 0 Å². The second-order valence-corrected chi connectivity index (χ2v) is 4.62. The van der Waals surface area contributed by atoms with Gasteiger partial charge in [-0.05, 0) is 67.8 Å². The minimum absolute atomic E-state index is 0.165. The molecule has 0 amide bonds. The third kappa shape index (κ3) is 2.40. The van der Waals surface area contributed by atoms with E-state index in [4.69, 9.17) is 5.73 Å². The first-order valence-corrected chi connectivity index (χ1v) is 5.85. The molecule has 1 saturated carbocycles. The predicted octanol–water partition coefficient (Wildman–Crippen LogP) is 3.20. The Labute approximate surface area is 94.7 Å². The first kappa shape index (κ1) is 11.5. The molecule has 0 spiro atoms. The number of hydrogen-bond donors (Lipinski definition) is 1. The third-order valence-electron chi connectivity index (χ3n) is 3.58. The van der Waals surface area contributed by atoms with E-state index >= 15 is 0 Å². The van der Waals surface area contributed by atoms with Gasteiger partial charge in [0.2, 0.25) is 0 Å². The second-order valence-electron chi connectivity index (χ2n) is 4.62. The fourth-order valence-corrected chi connectivity index (χ4v) is 2.54. The summed E-state index contributed by atoms with van der Waals surface area (Å²) in [7, 11) is 0. The van der Waals surface area contributed by atoms with E-state index in [-0.39, 0.29) is 17.6 Å². The molecule has 1 aromatic carbocycles. The third-order valence-corrected chi connectivity index (χ3v) is 3.58. The van der Waals surface area contributed by atoms with E-state index < -0.39 is 0 Å². The van der Waals surface area contributed by atoms with Crippen molar-refractivity contribution in [3.05, 3.63) is 35.4 Å². The van der Waals surface area contributed by atoms with Crippen LogP contribution in [0.2, 0.25) is 0 Å². The van der Waals surface area contributed by atoms with Crippen molar-refractivity contribution < 1.29 is 8.78 Å². The molecule has 0 unspecified atom stereocenters. The summed E-state index contributed by atoms with van der Waals surface area (Å²) in [6.07, 6.45) is 3.89. The van der Waals surface area contributed by atoms with Crippen LogP contribution in [0.15, 0.2) is 18.2 Å². The molecule has 1 aromatic rings.